The SMILES string of the molecule is O=C1c2sc(-c3nc(Nc4ccc(N5CC6CC(C5)N6)nc4Cl)ncc3C(F)(F)F)cc2S(=O)(=O)CCN1C1COC1. The number of rotatable bonds is 5. The highest BCUT2D eigenvalue weighted by Crippen LogP contribution is 2.42. The zero-order valence-corrected chi connectivity index (χ0v) is 24.1. The van der Waals surface area contributed by atoms with Gasteiger partial charge in [-0.1, -0.05) is 11.6 Å². The van der Waals surface area contributed by atoms with Gasteiger partial charge in [0.2, 0.25) is 5.95 Å². The Labute approximate surface area is 247 Å². The summed E-state index contributed by atoms with van der Waals surface area (Å²) in [4.78, 5) is 28.7. The fourth-order valence-electron chi connectivity index (χ4n) is 5.54. The lowest BCUT2D eigenvalue weighted by Gasteiger charge is -2.48. The van der Waals surface area contributed by atoms with Gasteiger partial charge in [-0.15, -0.1) is 11.3 Å². The summed E-state index contributed by atoms with van der Waals surface area (Å²) in [6.45, 7) is 2.12. The van der Waals surface area contributed by atoms with Crippen molar-refractivity contribution < 1.29 is 31.1 Å². The first-order valence-electron chi connectivity index (χ1n) is 13.1. The number of fused-ring (bicyclic) bond motifs is 3. The maximum Gasteiger partial charge on any atom is 0.420 e. The molecule has 0 saturated carbocycles. The summed E-state index contributed by atoms with van der Waals surface area (Å²) in [5.41, 5.74) is -1.44. The van der Waals surface area contributed by atoms with Crippen LogP contribution in [0.2, 0.25) is 5.15 Å². The number of amides is 1. The van der Waals surface area contributed by atoms with Crippen LogP contribution in [0.15, 0.2) is 29.3 Å². The molecule has 2 bridgehead atoms. The monoisotopic (exact) mass is 641 g/mol. The number of piperazine rings is 1. The summed E-state index contributed by atoms with van der Waals surface area (Å²) in [5.74, 6) is -0.429. The van der Waals surface area contributed by atoms with Crippen LogP contribution in [0.1, 0.15) is 21.7 Å². The van der Waals surface area contributed by atoms with Crippen LogP contribution >= 0.6 is 22.9 Å². The van der Waals surface area contributed by atoms with E-state index >= 15 is 0 Å². The number of anilines is 3. The molecule has 5 aliphatic heterocycles. The van der Waals surface area contributed by atoms with E-state index in [1.165, 1.54) is 4.90 Å². The molecule has 0 aliphatic carbocycles. The number of aromatic nitrogens is 3. The van der Waals surface area contributed by atoms with Crippen LogP contribution in [0.3, 0.4) is 0 Å². The summed E-state index contributed by atoms with van der Waals surface area (Å²) < 4.78 is 73.4. The average Bonchev–Trinajstić information content (AvgIpc) is 3.33. The van der Waals surface area contributed by atoms with Crippen molar-refractivity contribution in [2.45, 2.75) is 35.6 Å². The largest absolute Gasteiger partial charge is 0.420 e. The standard InChI is InChI=1S/C25H23ClF3N7O4S2/c26-22-16(1-2-19(33-22)35-8-12-5-13(9-35)31-12)32-24-30-7-15(25(27,28)29)20(34-24)17-6-18-21(41-17)23(37)36(14-10-40-11-14)3-4-42(18,38)39/h1-2,6-7,12-14,31H,3-5,8-11H2,(H,30,32,34). The molecule has 42 heavy (non-hydrogen) atoms. The Morgan fingerprint density at radius 1 is 1.17 bits per heavy atom. The molecule has 1 amide bonds. The Morgan fingerprint density at radius 2 is 1.90 bits per heavy atom. The van der Waals surface area contributed by atoms with Crippen molar-refractivity contribution in [3.63, 3.8) is 0 Å². The van der Waals surface area contributed by atoms with E-state index in [9.17, 15) is 26.4 Å². The van der Waals surface area contributed by atoms with Gasteiger partial charge in [-0.05, 0) is 24.6 Å². The Morgan fingerprint density at radius 3 is 2.55 bits per heavy atom. The summed E-state index contributed by atoms with van der Waals surface area (Å²) in [7, 11) is -3.94. The number of halogens is 4. The van der Waals surface area contributed by atoms with Crippen molar-refractivity contribution in [2.24, 2.45) is 0 Å². The third-order valence-electron chi connectivity index (χ3n) is 7.80. The number of carbonyl (C=O) groups excluding carboxylic acids is 1. The minimum absolute atomic E-state index is 0.0231. The smallest absolute Gasteiger partial charge is 0.377 e. The fraction of sp³-hybridized carbons (Fsp3) is 0.440. The predicted octanol–water partition coefficient (Wildman–Crippen LogP) is 3.19. The number of hydrogen-bond acceptors (Lipinski definition) is 11. The summed E-state index contributed by atoms with van der Waals surface area (Å²) >= 11 is 7.09. The van der Waals surface area contributed by atoms with Gasteiger partial charge >= 0.3 is 6.18 Å². The van der Waals surface area contributed by atoms with Crippen LogP contribution < -0.4 is 15.5 Å². The van der Waals surface area contributed by atoms with E-state index < -0.39 is 33.2 Å². The minimum Gasteiger partial charge on any atom is -0.377 e. The van der Waals surface area contributed by atoms with Crippen molar-refractivity contribution in [3.8, 4) is 10.6 Å². The van der Waals surface area contributed by atoms with Gasteiger partial charge in [-0.25, -0.2) is 23.4 Å². The molecule has 5 aliphatic rings. The molecule has 17 heteroatoms. The Kier molecular flexibility index (Phi) is 6.62. The van der Waals surface area contributed by atoms with E-state index in [2.05, 4.69) is 30.5 Å². The van der Waals surface area contributed by atoms with Crippen molar-refractivity contribution in [3.05, 3.63) is 40.0 Å². The average molecular weight is 642 g/mol. The third kappa shape index (κ3) is 4.88. The molecule has 222 valence electrons. The molecule has 0 radical (unpaired) electrons. The van der Waals surface area contributed by atoms with Gasteiger partial charge in [-0.2, -0.15) is 13.2 Å². The van der Waals surface area contributed by atoms with Crippen LogP contribution in [0, 0.1) is 0 Å². The lowest BCUT2D eigenvalue weighted by molar-refractivity contribution is -0.137. The number of alkyl halides is 3. The molecule has 2 unspecified atom stereocenters. The van der Waals surface area contributed by atoms with E-state index in [0.29, 0.717) is 35.4 Å². The van der Waals surface area contributed by atoms with Gasteiger partial charge in [0.15, 0.2) is 15.0 Å². The fourth-order valence-corrected chi connectivity index (χ4v) is 8.65. The Hall–Kier alpha value is -3.05. The zero-order valence-electron chi connectivity index (χ0n) is 21.7. The highest BCUT2D eigenvalue weighted by molar-refractivity contribution is 7.91. The van der Waals surface area contributed by atoms with Gasteiger partial charge < -0.3 is 25.2 Å². The molecule has 3 aromatic heterocycles. The molecule has 0 aromatic carbocycles. The summed E-state index contributed by atoms with van der Waals surface area (Å²) in [6, 6.07) is 5.04. The third-order valence-corrected chi connectivity index (χ3v) is 11.1. The van der Waals surface area contributed by atoms with Crippen molar-refractivity contribution in [2.75, 3.05) is 48.8 Å². The molecule has 8 heterocycles. The van der Waals surface area contributed by atoms with Crippen LogP contribution in [0.25, 0.3) is 10.6 Å². The number of hydrogen-bond donors (Lipinski definition) is 2. The first-order valence-corrected chi connectivity index (χ1v) is 16.0. The van der Waals surface area contributed by atoms with Gasteiger partial charge in [0.1, 0.15) is 16.3 Å². The maximum atomic E-state index is 14.1. The van der Waals surface area contributed by atoms with E-state index in [0.717, 1.165) is 25.6 Å². The van der Waals surface area contributed by atoms with E-state index in [1.54, 1.807) is 12.1 Å². The summed E-state index contributed by atoms with van der Waals surface area (Å²) in [6.07, 6.45) is -3.11. The second kappa shape index (κ2) is 10.0. The minimum atomic E-state index is -4.85. The van der Waals surface area contributed by atoms with E-state index in [-0.39, 0.29) is 63.0 Å². The number of pyridine rings is 1. The highest BCUT2D eigenvalue weighted by atomic mass is 35.5. The maximum absolute atomic E-state index is 14.1. The number of piperidine rings is 1. The molecule has 4 fully saturated rings. The van der Waals surface area contributed by atoms with E-state index in [4.69, 9.17) is 16.3 Å². The topological polar surface area (TPSA) is 130 Å². The van der Waals surface area contributed by atoms with Crippen molar-refractivity contribution >= 4 is 56.1 Å². The molecular weight excluding hydrogens is 619 g/mol. The number of nitrogens with zero attached hydrogens (tertiary/aromatic N) is 5. The number of sulfone groups is 1. The quantitative estimate of drug-likeness (QED) is 0.401. The zero-order chi connectivity index (χ0) is 29.4. The van der Waals surface area contributed by atoms with E-state index in [1.807, 2.05) is 0 Å². The Balaban J connectivity index is 1.22. The number of nitrogens with one attached hydrogen (secondary N) is 2. The van der Waals surface area contributed by atoms with Gasteiger partial charge in [0.05, 0.1) is 46.2 Å². The first kappa shape index (κ1) is 27.8. The van der Waals surface area contributed by atoms with Crippen LogP contribution in [-0.2, 0) is 20.8 Å². The lowest BCUT2D eigenvalue weighted by Crippen LogP contribution is -2.67. The molecule has 11 nitrogen and oxygen atoms in total. The number of carbonyl (C=O) groups is 1. The number of ether oxygens (including phenoxy) is 1. The molecule has 2 N–H and O–H groups in total. The second-order valence-electron chi connectivity index (χ2n) is 10.6. The van der Waals surface area contributed by atoms with Crippen LogP contribution in [-0.4, -0.2) is 90.9 Å². The molecule has 2 atom stereocenters. The first-order chi connectivity index (χ1) is 20.0. The van der Waals surface area contributed by atoms with Gasteiger partial charge in [0, 0.05) is 37.9 Å². The number of thiophene rings is 1. The van der Waals surface area contributed by atoms with Crippen LogP contribution in [0.5, 0.6) is 0 Å². The normalized spacial score (nSPS) is 23.6. The predicted molar refractivity (Wildman–Crippen MR) is 148 cm³/mol. The molecule has 0 spiro atoms. The van der Waals surface area contributed by atoms with Crippen molar-refractivity contribution in [1.82, 2.24) is 25.2 Å². The molecular formula is C25H23ClF3N7O4S2. The van der Waals surface area contributed by atoms with Crippen LogP contribution in [0.4, 0.5) is 30.6 Å². The van der Waals surface area contributed by atoms with Gasteiger partial charge in [0.25, 0.3) is 5.91 Å². The molecule has 8 rings (SSSR count). The second-order valence-corrected chi connectivity index (χ2v) is 14.1. The van der Waals surface area contributed by atoms with Crippen molar-refractivity contribution in [1.29, 1.82) is 0 Å². The molecule has 4 saturated heterocycles. The highest BCUT2D eigenvalue weighted by Gasteiger charge is 2.41. The Bertz CT molecular complexity index is 1680. The molecule has 3 aromatic rings. The summed E-state index contributed by atoms with van der Waals surface area (Å²) in [5, 5.41) is 6.35. The lowest BCUT2D eigenvalue weighted by atomic mass is 9.91. The van der Waals surface area contributed by atoms with Gasteiger partial charge in [-0.3, -0.25) is 4.79 Å².